The van der Waals surface area contributed by atoms with Crippen LogP contribution in [0.4, 0.5) is 5.69 Å². The molecule has 4 rings (SSSR count). The largest absolute Gasteiger partial charge is 0.496 e. The lowest BCUT2D eigenvalue weighted by atomic mass is 9.98. The molecule has 1 atom stereocenters. The molecule has 0 spiro atoms. The summed E-state index contributed by atoms with van der Waals surface area (Å²) in [7, 11) is -2.28. The normalized spacial score (nSPS) is 18.3. The van der Waals surface area contributed by atoms with Crippen molar-refractivity contribution in [2.24, 2.45) is 5.92 Å². The van der Waals surface area contributed by atoms with E-state index in [1.54, 1.807) is 31.1 Å². The van der Waals surface area contributed by atoms with Crippen LogP contribution in [0.3, 0.4) is 0 Å². The number of carbonyl (C=O) groups excluding carboxylic acids is 2. The van der Waals surface area contributed by atoms with Gasteiger partial charge >= 0.3 is 0 Å². The number of benzene rings is 2. The van der Waals surface area contributed by atoms with Gasteiger partial charge in [-0.25, -0.2) is 8.42 Å². The lowest BCUT2D eigenvalue weighted by Crippen LogP contribution is -2.45. The molecule has 8 nitrogen and oxygen atoms in total. The topological polar surface area (TPSA) is 96.0 Å². The lowest BCUT2D eigenvalue weighted by molar-refractivity contribution is -0.126. The van der Waals surface area contributed by atoms with Gasteiger partial charge in [0.2, 0.25) is 21.8 Å². The van der Waals surface area contributed by atoms with Gasteiger partial charge in [0, 0.05) is 48.3 Å². The molecule has 10 heteroatoms. The molecule has 1 N–H and O–H groups in total. The molecule has 2 aromatic carbocycles. The summed E-state index contributed by atoms with van der Waals surface area (Å²) in [6.07, 6.45) is 2.26. The third kappa shape index (κ3) is 5.24. The number of hydrogen-bond acceptors (Lipinski definition) is 5. The highest BCUT2D eigenvalue weighted by Crippen LogP contribution is 2.37. The van der Waals surface area contributed by atoms with Gasteiger partial charge in [-0.3, -0.25) is 9.59 Å². The molecular weight excluding hydrogens is 534 g/mol. The second-order valence-corrected chi connectivity index (χ2v) is 11.6. The lowest BCUT2D eigenvalue weighted by Gasteiger charge is -2.31. The first-order chi connectivity index (χ1) is 16.8. The number of fused-ring (bicyclic) bond motifs is 1. The Morgan fingerprint density at radius 3 is 2.71 bits per heavy atom. The Morgan fingerprint density at radius 1 is 1.20 bits per heavy atom. The number of halogens is 1. The Morgan fingerprint density at radius 2 is 1.97 bits per heavy atom. The van der Waals surface area contributed by atoms with Crippen molar-refractivity contribution in [3.05, 3.63) is 52.0 Å². The van der Waals surface area contributed by atoms with Crippen molar-refractivity contribution in [1.29, 1.82) is 0 Å². The molecule has 2 amide bonds. The number of ether oxygens (including phenoxy) is 1. The number of nitrogens with zero attached hydrogens (tertiary/aromatic N) is 2. The number of rotatable bonds is 7. The zero-order valence-corrected chi connectivity index (χ0v) is 22.3. The molecule has 0 bridgehead atoms. The van der Waals surface area contributed by atoms with Crippen LogP contribution < -0.4 is 15.0 Å². The van der Waals surface area contributed by atoms with Gasteiger partial charge in [0.05, 0.1) is 17.9 Å². The average molecular weight is 565 g/mol. The van der Waals surface area contributed by atoms with Crippen LogP contribution in [0.2, 0.25) is 0 Å². The van der Waals surface area contributed by atoms with Crippen molar-refractivity contribution in [3.8, 4) is 5.75 Å². The van der Waals surface area contributed by atoms with E-state index in [2.05, 4.69) is 21.2 Å². The van der Waals surface area contributed by atoms with Crippen LogP contribution in [0.5, 0.6) is 5.75 Å². The summed E-state index contributed by atoms with van der Waals surface area (Å²) < 4.78 is 34.5. The summed E-state index contributed by atoms with van der Waals surface area (Å²) in [6, 6.07) is 10.9. The van der Waals surface area contributed by atoms with E-state index in [-0.39, 0.29) is 23.3 Å². The van der Waals surface area contributed by atoms with Crippen LogP contribution in [0, 0.1) is 5.92 Å². The van der Waals surface area contributed by atoms with Gasteiger partial charge in [-0.1, -0.05) is 25.1 Å². The first kappa shape index (κ1) is 25.7. The summed E-state index contributed by atoms with van der Waals surface area (Å²) >= 11 is 3.43. The number of nitrogens with one attached hydrogen (secondary N) is 1. The minimum Gasteiger partial charge on any atom is -0.496 e. The molecule has 1 saturated heterocycles. The Balaban J connectivity index is 1.50. The monoisotopic (exact) mass is 563 g/mol. The van der Waals surface area contributed by atoms with Crippen LogP contribution in [-0.2, 0) is 32.6 Å². The fourth-order valence-electron chi connectivity index (χ4n) is 4.73. The third-order valence-corrected chi connectivity index (χ3v) is 9.47. The smallest absolute Gasteiger partial charge is 0.244 e. The maximum absolute atomic E-state index is 13.6. The minimum absolute atomic E-state index is 0.0285. The van der Waals surface area contributed by atoms with E-state index in [9.17, 15) is 18.0 Å². The predicted octanol–water partition coefficient (Wildman–Crippen LogP) is 3.47. The Kier molecular flexibility index (Phi) is 7.83. The third-order valence-electron chi connectivity index (χ3n) is 6.65. The molecule has 0 saturated carbocycles. The first-order valence-corrected chi connectivity index (χ1v) is 14.0. The van der Waals surface area contributed by atoms with Crippen molar-refractivity contribution in [1.82, 2.24) is 9.62 Å². The molecule has 0 aliphatic carbocycles. The highest BCUT2D eigenvalue weighted by atomic mass is 79.9. The molecule has 2 aliphatic heterocycles. The predicted molar refractivity (Wildman–Crippen MR) is 137 cm³/mol. The zero-order valence-electron chi connectivity index (χ0n) is 19.9. The number of hydrogen-bond donors (Lipinski definition) is 1. The van der Waals surface area contributed by atoms with Crippen molar-refractivity contribution >= 4 is 43.5 Å². The Bertz CT molecular complexity index is 1230. The fraction of sp³-hybridized carbons (Fsp3) is 0.440. The van der Waals surface area contributed by atoms with Crippen LogP contribution in [0.25, 0.3) is 0 Å². The zero-order chi connectivity index (χ0) is 25.2. The van der Waals surface area contributed by atoms with E-state index in [1.807, 2.05) is 24.3 Å². The molecule has 0 radical (unpaired) electrons. The fourth-order valence-corrected chi connectivity index (χ4v) is 7.32. The molecular formula is C25H30BrN3O5S. The summed E-state index contributed by atoms with van der Waals surface area (Å²) in [6.45, 7) is 3.12. The summed E-state index contributed by atoms with van der Waals surface area (Å²) in [5, 5.41) is 2.93. The van der Waals surface area contributed by atoms with E-state index >= 15 is 0 Å². The molecule has 1 fully saturated rings. The molecule has 2 aliphatic rings. The van der Waals surface area contributed by atoms with Gasteiger partial charge in [0.25, 0.3) is 0 Å². The molecule has 0 aromatic heterocycles. The van der Waals surface area contributed by atoms with Crippen molar-refractivity contribution in [2.75, 3.05) is 31.6 Å². The van der Waals surface area contributed by atoms with Gasteiger partial charge in [0.1, 0.15) is 5.75 Å². The average Bonchev–Trinajstić information content (AvgIpc) is 3.29. The van der Waals surface area contributed by atoms with Crippen molar-refractivity contribution in [3.63, 3.8) is 0 Å². The molecule has 2 heterocycles. The summed E-state index contributed by atoms with van der Waals surface area (Å²) in [4.78, 5) is 27.1. The highest BCUT2D eigenvalue weighted by Gasteiger charge is 2.36. The van der Waals surface area contributed by atoms with E-state index < -0.39 is 15.9 Å². The first-order valence-electron chi connectivity index (χ1n) is 11.8. The van der Waals surface area contributed by atoms with Gasteiger partial charge < -0.3 is 15.0 Å². The number of para-hydroxylation sites is 1. The molecule has 2 aromatic rings. The summed E-state index contributed by atoms with van der Waals surface area (Å²) in [5.41, 5.74) is 2.46. The van der Waals surface area contributed by atoms with E-state index in [0.717, 1.165) is 11.1 Å². The van der Waals surface area contributed by atoms with Crippen molar-refractivity contribution < 1.29 is 22.7 Å². The van der Waals surface area contributed by atoms with Crippen LogP contribution in [0.1, 0.15) is 37.3 Å². The van der Waals surface area contributed by atoms with Crippen molar-refractivity contribution in [2.45, 2.75) is 44.0 Å². The quantitative estimate of drug-likeness (QED) is 0.556. The van der Waals surface area contributed by atoms with Gasteiger partial charge in [-0.2, -0.15) is 4.31 Å². The molecule has 35 heavy (non-hydrogen) atoms. The number of carbonyl (C=O) groups is 2. The van der Waals surface area contributed by atoms with E-state index in [4.69, 9.17) is 4.74 Å². The van der Waals surface area contributed by atoms with Crippen LogP contribution in [0.15, 0.2) is 45.8 Å². The second-order valence-electron chi connectivity index (χ2n) is 8.79. The van der Waals surface area contributed by atoms with Gasteiger partial charge in [0.15, 0.2) is 0 Å². The Labute approximate surface area is 214 Å². The maximum atomic E-state index is 13.6. The standard InChI is InChI=1S/C25H30BrN3O5S/c1-3-24(30)29-12-10-17-13-20(26)23(14-21(17)29)35(32,33)28-11-6-8-19(16-28)25(31)27-15-18-7-4-5-9-22(18)34-2/h4-5,7,9,13-14,19H,3,6,8,10-12,15-16H2,1-2H3,(H,27,31)/t19-/m1/s1. The van der Waals surface area contributed by atoms with Gasteiger partial charge in [-0.15, -0.1) is 0 Å². The number of piperidine rings is 1. The van der Waals surface area contributed by atoms with E-state index in [0.29, 0.717) is 61.2 Å². The minimum atomic E-state index is -3.87. The Hall–Kier alpha value is -2.43. The maximum Gasteiger partial charge on any atom is 0.244 e. The van der Waals surface area contributed by atoms with Crippen LogP contribution in [-0.4, -0.2) is 51.3 Å². The number of methoxy groups -OCH3 is 1. The highest BCUT2D eigenvalue weighted by molar-refractivity contribution is 9.10. The van der Waals surface area contributed by atoms with Gasteiger partial charge in [-0.05, 0) is 59.0 Å². The summed E-state index contributed by atoms with van der Waals surface area (Å²) in [5.74, 6) is 0.0417. The second kappa shape index (κ2) is 10.7. The van der Waals surface area contributed by atoms with Crippen LogP contribution >= 0.6 is 15.9 Å². The molecule has 188 valence electrons. The number of amides is 2. The number of sulfonamides is 1. The van der Waals surface area contributed by atoms with E-state index in [1.165, 1.54) is 4.31 Å². The molecule has 0 unspecified atom stereocenters. The number of anilines is 1. The SMILES string of the molecule is CCC(=O)N1CCc2cc(Br)c(S(=O)(=O)N3CCC[C@@H](C(=O)NCc4ccccc4OC)C3)cc21.